The smallest absolute Gasteiger partial charge is 0.326 e. The average molecular weight is 353 g/mol. The lowest BCUT2D eigenvalue weighted by Gasteiger charge is -2.14. The van der Waals surface area contributed by atoms with Crippen LogP contribution in [0.4, 0.5) is 8.78 Å². The summed E-state index contributed by atoms with van der Waals surface area (Å²) in [5.74, 6) is -2.27. The van der Waals surface area contributed by atoms with Gasteiger partial charge >= 0.3 is 5.97 Å². The van der Waals surface area contributed by atoms with Gasteiger partial charge in [-0.2, -0.15) is 0 Å². The summed E-state index contributed by atoms with van der Waals surface area (Å²) in [7, 11) is 0. The summed E-state index contributed by atoms with van der Waals surface area (Å²) in [6.07, 6.45) is -2.75. The lowest BCUT2D eigenvalue weighted by atomic mass is 10.1. The van der Waals surface area contributed by atoms with Gasteiger partial charge in [-0.1, -0.05) is 12.1 Å². The molecule has 1 amide bonds. The first-order chi connectivity index (χ1) is 11.8. The number of para-hydroxylation sites is 1. The van der Waals surface area contributed by atoms with E-state index >= 15 is 0 Å². The number of aromatic nitrogens is 2. The molecular formula is C16H17F2N3O4. The Morgan fingerprint density at radius 3 is 2.72 bits per heavy atom. The zero-order valence-electron chi connectivity index (χ0n) is 13.4. The first-order valence-corrected chi connectivity index (χ1v) is 7.54. The number of aliphatic carboxylic acids is 1. The van der Waals surface area contributed by atoms with Crippen molar-refractivity contribution in [3.63, 3.8) is 0 Å². The van der Waals surface area contributed by atoms with Crippen LogP contribution in [0, 0.1) is 6.92 Å². The minimum atomic E-state index is -2.85. The van der Waals surface area contributed by atoms with E-state index in [9.17, 15) is 23.2 Å². The van der Waals surface area contributed by atoms with Crippen LogP contribution in [0.5, 0.6) is 0 Å². The van der Waals surface area contributed by atoms with E-state index in [1.165, 1.54) is 10.9 Å². The Bertz CT molecular complexity index is 851. The number of hydrogen-bond donors (Lipinski definition) is 2. The van der Waals surface area contributed by atoms with Gasteiger partial charge in [-0.25, -0.2) is 18.6 Å². The van der Waals surface area contributed by atoms with Gasteiger partial charge in [0.25, 0.3) is 5.56 Å². The van der Waals surface area contributed by atoms with Gasteiger partial charge in [0.2, 0.25) is 12.3 Å². The number of carboxylic acid groups (broad SMARTS) is 1. The highest BCUT2D eigenvalue weighted by molar-refractivity contribution is 5.83. The second-order valence-electron chi connectivity index (χ2n) is 5.55. The molecule has 1 aromatic carbocycles. The Morgan fingerprint density at radius 2 is 2.08 bits per heavy atom. The first-order valence-electron chi connectivity index (χ1n) is 7.54. The van der Waals surface area contributed by atoms with Crippen LogP contribution >= 0.6 is 0 Å². The number of fused-ring (bicyclic) bond motifs is 1. The fraction of sp³-hybridized carbons (Fsp3) is 0.375. The topological polar surface area (TPSA) is 101 Å². The first kappa shape index (κ1) is 18.5. The zero-order chi connectivity index (χ0) is 18.6. The Morgan fingerprint density at radius 1 is 1.36 bits per heavy atom. The van der Waals surface area contributed by atoms with E-state index in [4.69, 9.17) is 5.11 Å². The maximum absolute atomic E-state index is 12.4. The van der Waals surface area contributed by atoms with Crippen molar-refractivity contribution < 1.29 is 23.5 Å². The average Bonchev–Trinajstić information content (AvgIpc) is 2.54. The van der Waals surface area contributed by atoms with Crippen LogP contribution in [-0.2, 0) is 16.1 Å². The van der Waals surface area contributed by atoms with Crippen LogP contribution in [0.3, 0.4) is 0 Å². The van der Waals surface area contributed by atoms with Gasteiger partial charge in [0.1, 0.15) is 6.04 Å². The molecule has 134 valence electrons. The van der Waals surface area contributed by atoms with Crippen LogP contribution < -0.4 is 10.9 Å². The molecule has 0 spiro atoms. The van der Waals surface area contributed by atoms with Crippen molar-refractivity contribution >= 4 is 22.8 Å². The van der Waals surface area contributed by atoms with Crippen molar-refractivity contribution in [2.75, 3.05) is 0 Å². The third-order valence-corrected chi connectivity index (χ3v) is 3.68. The SMILES string of the molecule is Cc1cccc2c(=O)n(CCC(=O)NC(CC(F)F)C(=O)O)cnc12. The summed E-state index contributed by atoms with van der Waals surface area (Å²) < 4.78 is 25.9. The van der Waals surface area contributed by atoms with E-state index in [-0.39, 0.29) is 18.5 Å². The van der Waals surface area contributed by atoms with Crippen LogP contribution in [-0.4, -0.2) is 39.0 Å². The van der Waals surface area contributed by atoms with E-state index in [0.29, 0.717) is 10.9 Å². The lowest BCUT2D eigenvalue weighted by molar-refractivity contribution is -0.143. The lowest BCUT2D eigenvalue weighted by Crippen LogP contribution is -2.42. The fourth-order valence-corrected chi connectivity index (χ4v) is 2.38. The number of carbonyl (C=O) groups is 2. The number of carboxylic acids is 1. The van der Waals surface area contributed by atoms with Crippen molar-refractivity contribution in [2.45, 2.75) is 38.8 Å². The second-order valence-corrected chi connectivity index (χ2v) is 5.55. The monoisotopic (exact) mass is 353 g/mol. The number of nitrogens with zero attached hydrogens (tertiary/aromatic N) is 2. The largest absolute Gasteiger partial charge is 0.480 e. The Labute approximate surface area is 141 Å². The molecule has 9 heteroatoms. The predicted molar refractivity (Wildman–Crippen MR) is 85.5 cm³/mol. The summed E-state index contributed by atoms with van der Waals surface area (Å²) >= 11 is 0. The van der Waals surface area contributed by atoms with Crippen LogP contribution in [0.15, 0.2) is 29.3 Å². The molecule has 1 heterocycles. The van der Waals surface area contributed by atoms with E-state index in [1.807, 2.05) is 18.3 Å². The van der Waals surface area contributed by atoms with Gasteiger partial charge in [-0.05, 0) is 18.6 Å². The van der Waals surface area contributed by atoms with E-state index in [1.54, 1.807) is 12.1 Å². The molecule has 0 aliphatic carbocycles. The van der Waals surface area contributed by atoms with Crippen LogP contribution in [0.2, 0.25) is 0 Å². The normalized spacial score (nSPS) is 12.3. The Kier molecular flexibility index (Phi) is 5.79. The summed E-state index contributed by atoms with van der Waals surface area (Å²) in [6, 6.07) is 3.50. The number of aryl methyl sites for hydroxylation is 2. The van der Waals surface area contributed by atoms with Gasteiger partial charge in [-0.3, -0.25) is 14.2 Å². The second kappa shape index (κ2) is 7.82. The van der Waals surface area contributed by atoms with Gasteiger partial charge in [0.15, 0.2) is 0 Å². The quantitative estimate of drug-likeness (QED) is 0.782. The summed E-state index contributed by atoms with van der Waals surface area (Å²) in [4.78, 5) is 39.2. The number of rotatable bonds is 7. The molecule has 0 radical (unpaired) electrons. The predicted octanol–water partition coefficient (Wildman–Crippen LogP) is 1.32. The molecule has 1 unspecified atom stereocenters. The van der Waals surface area contributed by atoms with Crippen molar-refractivity contribution in [1.29, 1.82) is 0 Å². The molecular weight excluding hydrogens is 336 g/mol. The van der Waals surface area contributed by atoms with E-state index in [2.05, 4.69) is 4.98 Å². The molecule has 2 aromatic rings. The van der Waals surface area contributed by atoms with E-state index in [0.717, 1.165) is 5.56 Å². The number of alkyl halides is 2. The van der Waals surface area contributed by atoms with Gasteiger partial charge < -0.3 is 10.4 Å². The molecule has 25 heavy (non-hydrogen) atoms. The van der Waals surface area contributed by atoms with E-state index < -0.39 is 30.8 Å². The molecule has 0 fully saturated rings. The summed E-state index contributed by atoms with van der Waals surface area (Å²) in [5, 5.41) is 11.3. The van der Waals surface area contributed by atoms with Crippen molar-refractivity contribution in [2.24, 2.45) is 0 Å². The molecule has 7 nitrogen and oxygen atoms in total. The highest BCUT2D eigenvalue weighted by atomic mass is 19.3. The maximum atomic E-state index is 12.4. The third kappa shape index (κ3) is 4.59. The third-order valence-electron chi connectivity index (χ3n) is 3.68. The molecule has 2 N–H and O–H groups in total. The highest BCUT2D eigenvalue weighted by Crippen LogP contribution is 2.11. The number of benzene rings is 1. The number of nitrogens with one attached hydrogen (secondary N) is 1. The molecule has 0 aliphatic heterocycles. The Hall–Kier alpha value is -2.84. The molecule has 0 saturated carbocycles. The molecule has 0 aliphatic rings. The standard InChI is InChI=1S/C16H17F2N3O4/c1-9-3-2-4-10-14(9)19-8-21(15(10)23)6-5-13(22)20-11(16(24)25)7-12(17)18/h2-4,8,11-12H,5-7H2,1H3,(H,20,22)(H,24,25). The van der Waals surface area contributed by atoms with Gasteiger partial charge in [-0.15, -0.1) is 0 Å². The number of hydrogen-bond acceptors (Lipinski definition) is 4. The number of halogens is 2. The molecule has 2 rings (SSSR count). The zero-order valence-corrected chi connectivity index (χ0v) is 13.4. The number of carbonyl (C=O) groups excluding carboxylic acids is 1. The summed E-state index contributed by atoms with van der Waals surface area (Å²) in [6.45, 7) is 1.78. The van der Waals surface area contributed by atoms with Crippen molar-refractivity contribution in [1.82, 2.24) is 14.9 Å². The van der Waals surface area contributed by atoms with Gasteiger partial charge in [0, 0.05) is 19.4 Å². The molecule has 0 saturated heterocycles. The minimum Gasteiger partial charge on any atom is -0.480 e. The van der Waals surface area contributed by atoms with Crippen LogP contribution in [0.1, 0.15) is 18.4 Å². The Balaban J connectivity index is 2.07. The minimum absolute atomic E-state index is 0.0391. The summed E-state index contributed by atoms with van der Waals surface area (Å²) in [5.41, 5.74) is 1.08. The number of amides is 1. The van der Waals surface area contributed by atoms with Crippen LogP contribution in [0.25, 0.3) is 10.9 Å². The fourth-order valence-electron chi connectivity index (χ4n) is 2.38. The van der Waals surface area contributed by atoms with Crippen molar-refractivity contribution in [3.8, 4) is 0 Å². The maximum Gasteiger partial charge on any atom is 0.326 e. The molecule has 1 atom stereocenters. The highest BCUT2D eigenvalue weighted by Gasteiger charge is 2.24. The van der Waals surface area contributed by atoms with Gasteiger partial charge in [0.05, 0.1) is 17.2 Å². The molecule has 1 aromatic heterocycles. The van der Waals surface area contributed by atoms with Crippen molar-refractivity contribution in [3.05, 3.63) is 40.4 Å². The molecule has 0 bridgehead atoms.